The van der Waals surface area contributed by atoms with Gasteiger partial charge in [0.25, 0.3) is 0 Å². The highest BCUT2D eigenvalue weighted by atomic mass is 35.5. The van der Waals surface area contributed by atoms with Gasteiger partial charge in [0, 0.05) is 11.1 Å². The molecule has 2 aromatic carbocycles. The first-order valence-corrected chi connectivity index (χ1v) is 7.76. The lowest BCUT2D eigenvalue weighted by Crippen LogP contribution is -2.33. The van der Waals surface area contributed by atoms with Crippen molar-refractivity contribution < 1.29 is 4.39 Å². The Hall–Kier alpha value is -1.09. The van der Waals surface area contributed by atoms with E-state index in [-0.39, 0.29) is 16.9 Å². The zero-order valence-corrected chi connectivity index (χ0v) is 13.4. The molecule has 0 fully saturated rings. The molecule has 1 unspecified atom stereocenters. The summed E-state index contributed by atoms with van der Waals surface area (Å²) in [5.74, 6) is -0.368. The lowest BCUT2D eigenvalue weighted by atomic mass is 9.99. The summed E-state index contributed by atoms with van der Waals surface area (Å²) in [5.41, 5.74) is 2.10. The van der Waals surface area contributed by atoms with Gasteiger partial charge in [-0.15, -0.1) is 0 Å². The summed E-state index contributed by atoms with van der Waals surface area (Å²) in [6, 6.07) is 13.0. The van der Waals surface area contributed by atoms with Gasteiger partial charge in [0.05, 0.1) is 5.02 Å². The Labute approximate surface area is 135 Å². The van der Waals surface area contributed by atoms with Gasteiger partial charge in [-0.05, 0) is 54.8 Å². The van der Waals surface area contributed by atoms with E-state index in [1.165, 1.54) is 11.6 Å². The maximum absolute atomic E-state index is 13.5. The van der Waals surface area contributed by atoms with Crippen LogP contribution < -0.4 is 5.32 Å². The number of halogens is 3. The molecule has 1 nitrogen and oxygen atoms in total. The number of benzene rings is 2. The van der Waals surface area contributed by atoms with Crippen molar-refractivity contribution in [1.82, 2.24) is 5.32 Å². The summed E-state index contributed by atoms with van der Waals surface area (Å²) in [5, 5.41) is 4.33. The first-order chi connectivity index (χ1) is 10.1. The topological polar surface area (TPSA) is 12.0 Å². The molecule has 0 aliphatic carbocycles. The quantitative estimate of drug-likeness (QED) is 0.796. The molecule has 0 amide bonds. The summed E-state index contributed by atoms with van der Waals surface area (Å²) < 4.78 is 13.5. The van der Waals surface area contributed by atoms with Gasteiger partial charge in [-0.3, -0.25) is 0 Å². The van der Waals surface area contributed by atoms with Crippen LogP contribution in [0.15, 0.2) is 42.5 Å². The molecule has 112 valence electrons. The van der Waals surface area contributed by atoms with Gasteiger partial charge in [-0.1, -0.05) is 48.3 Å². The van der Waals surface area contributed by atoms with E-state index in [9.17, 15) is 4.39 Å². The average molecular weight is 326 g/mol. The summed E-state index contributed by atoms with van der Waals surface area (Å²) in [7, 11) is 0. The second-order valence-corrected chi connectivity index (χ2v) is 5.88. The van der Waals surface area contributed by atoms with Crippen LogP contribution in [0.1, 0.15) is 18.1 Å². The minimum absolute atomic E-state index is 0.161. The molecule has 2 rings (SSSR count). The number of likely N-dealkylation sites (N-methyl/N-ethyl adjacent to an activating group) is 1. The van der Waals surface area contributed by atoms with Gasteiger partial charge in [0.1, 0.15) is 5.82 Å². The van der Waals surface area contributed by atoms with Crippen molar-refractivity contribution >= 4 is 23.2 Å². The molecule has 0 aliphatic rings. The zero-order valence-electron chi connectivity index (χ0n) is 11.9. The zero-order chi connectivity index (χ0) is 15.2. The Bertz CT molecular complexity index is 601. The van der Waals surface area contributed by atoms with E-state index in [0.717, 1.165) is 30.0 Å². The largest absolute Gasteiger partial charge is 0.314 e. The Balaban J connectivity index is 2.09. The highest BCUT2D eigenvalue weighted by Gasteiger charge is 2.11. The summed E-state index contributed by atoms with van der Waals surface area (Å²) in [6.45, 7) is 2.93. The first kappa shape index (κ1) is 16.3. The molecule has 0 aliphatic heterocycles. The van der Waals surface area contributed by atoms with Crippen LogP contribution in [0, 0.1) is 5.82 Å². The summed E-state index contributed by atoms with van der Waals surface area (Å²) in [4.78, 5) is 0. The smallest absolute Gasteiger partial charge is 0.142 e. The van der Waals surface area contributed by atoms with E-state index in [4.69, 9.17) is 23.2 Å². The fraction of sp³-hybridized carbons (Fsp3) is 0.294. The van der Waals surface area contributed by atoms with Gasteiger partial charge in [-0.2, -0.15) is 0 Å². The van der Waals surface area contributed by atoms with Crippen molar-refractivity contribution in [2.75, 3.05) is 6.54 Å². The molecule has 0 heterocycles. The predicted molar refractivity (Wildman–Crippen MR) is 87.7 cm³/mol. The average Bonchev–Trinajstić information content (AvgIpc) is 2.43. The summed E-state index contributed by atoms with van der Waals surface area (Å²) in [6.07, 6.45) is 1.59. The fourth-order valence-electron chi connectivity index (χ4n) is 2.40. The minimum atomic E-state index is -0.368. The number of nitrogens with one attached hydrogen (secondary N) is 1. The van der Waals surface area contributed by atoms with Crippen LogP contribution in [-0.4, -0.2) is 12.6 Å². The molecule has 21 heavy (non-hydrogen) atoms. The van der Waals surface area contributed by atoms with E-state index >= 15 is 0 Å². The van der Waals surface area contributed by atoms with Gasteiger partial charge < -0.3 is 5.32 Å². The Kier molecular flexibility index (Phi) is 6.04. The molecule has 0 bridgehead atoms. The molecule has 4 heteroatoms. The van der Waals surface area contributed by atoms with Crippen LogP contribution in [0.5, 0.6) is 0 Å². The van der Waals surface area contributed by atoms with E-state index in [2.05, 4.69) is 18.3 Å². The Morgan fingerprint density at radius 3 is 2.38 bits per heavy atom. The van der Waals surface area contributed by atoms with Crippen LogP contribution in [0.3, 0.4) is 0 Å². The van der Waals surface area contributed by atoms with Crippen LogP contribution >= 0.6 is 23.2 Å². The van der Waals surface area contributed by atoms with E-state index in [1.807, 2.05) is 24.3 Å². The highest BCUT2D eigenvalue weighted by Crippen LogP contribution is 2.18. The lowest BCUT2D eigenvalue weighted by Gasteiger charge is -2.18. The third-order valence-electron chi connectivity index (χ3n) is 3.33. The second kappa shape index (κ2) is 7.79. The van der Waals surface area contributed by atoms with Crippen molar-refractivity contribution in [2.45, 2.75) is 25.8 Å². The van der Waals surface area contributed by atoms with Crippen molar-refractivity contribution in [3.63, 3.8) is 0 Å². The molecular formula is C17H18Cl2FN. The minimum Gasteiger partial charge on any atom is -0.314 e. The van der Waals surface area contributed by atoms with E-state index in [1.54, 1.807) is 6.07 Å². The molecule has 0 spiro atoms. The Morgan fingerprint density at radius 2 is 1.76 bits per heavy atom. The second-order valence-electron chi connectivity index (χ2n) is 5.04. The van der Waals surface area contributed by atoms with Gasteiger partial charge in [0.15, 0.2) is 0 Å². The number of rotatable bonds is 6. The molecule has 0 saturated heterocycles. The highest BCUT2D eigenvalue weighted by molar-refractivity contribution is 6.30. The van der Waals surface area contributed by atoms with E-state index in [0.29, 0.717) is 0 Å². The lowest BCUT2D eigenvalue weighted by molar-refractivity contribution is 0.519. The molecule has 0 radical (unpaired) electrons. The standard InChI is InChI=1S/C17H18Cl2FN/c1-2-21-15(9-12-4-3-5-14(18)8-12)10-13-6-7-16(19)17(20)11-13/h3-8,11,15,21H,2,9-10H2,1H3. The molecule has 0 aromatic heterocycles. The van der Waals surface area contributed by atoms with Crippen molar-refractivity contribution in [1.29, 1.82) is 0 Å². The summed E-state index contributed by atoms with van der Waals surface area (Å²) >= 11 is 11.7. The molecule has 1 N–H and O–H groups in total. The number of hydrogen-bond donors (Lipinski definition) is 1. The van der Waals surface area contributed by atoms with Crippen molar-refractivity contribution in [3.05, 3.63) is 69.5 Å². The van der Waals surface area contributed by atoms with Gasteiger partial charge >= 0.3 is 0 Å². The fourth-order valence-corrected chi connectivity index (χ4v) is 2.74. The SMILES string of the molecule is CCNC(Cc1cccc(Cl)c1)Cc1ccc(Cl)c(F)c1. The monoisotopic (exact) mass is 325 g/mol. The third kappa shape index (κ3) is 4.99. The van der Waals surface area contributed by atoms with Gasteiger partial charge in [0.2, 0.25) is 0 Å². The van der Waals surface area contributed by atoms with Gasteiger partial charge in [-0.25, -0.2) is 4.39 Å². The molecule has 1 atom stereocenters. The molecule has 0 saturated carbocycles. The maximum atomic E-state index is 13.5. The van der Waals surface area contributed by atoms with E-state index < -0.39 is 0 Å². The van der Waals surface area contributed by atoms with Crippen LogP contribution in [0.2, 0.25) is 10.0 Å². The van der Waals surface area contributed by atoms with Crippen LogP contribution in [0.25, 0.3) is 0 Å². The van der Waals surface area contributed by atoms with Crippen molar-refractivity contribution in [2.24, 2.45) is 0 Å². The number of hydrogen-bond acceptors (Lipinski definition) is 1. The van der Waals surface area contributed by atoms with Crippen molar-refractivity contribution in [3.8, 4) is 0 Å². The van der Waals surface area contributed by atoms with Crippen LogP contribution in [0.4, 0.5) is 4.39 Å². The third-order valence-corrected chi connectivity index (χ3v) is 3.87. The molecule has 2 aromatic rings. The molecular weight excluding hydrogens is 308 g/mol. The first-order valence-electron chi connectivity index (χ1n) is 7.00. The van der Waals surface area contributed by atoms with Crippen LogP contribution in [-0.2, 0) is 12.8 Å². The predicted octanol–water partition coefficient (Wildman–Crippen LogP) is 4.90. The maximum Gasteiger partial charge on any atom is 0.142 e. The Morgan fingerprint density at radius 1 is 1.05 bits per heavy atom. The normalized spacial score (nSPS) is 12.4.